The molecule has 2 fully saturated rings. The van der Waals surface area contributed by atoms with Crippen molar-refractivity contribution < 1.29 is 14.7 Å². The Morgan fingerprint density at radius 3 is 2.34 bits per heavy atom. The van der Waals surface area contributed by atoms with Crippen LogP contribution >= 0.6 is 11.8 Å². The number of carbonyl (C=O) groups is 2. The maximum atomic E-state index is 14.1. The fourth-order valence-electron chi connectivity index (χ4n) is 5.40. The van der Waals surface area contributed by atoms with Crippen molar-refractivity contribution in [2.24, 2.45) is 5.92 Å². The average molecular weight is 495 g/mol. The summed E-state index contributed by atoms with van der Waals surface area (Å²) in [4.78, 5) is 30.9. The normalized spacial score (nSPS) is 23.2. The summed E-state index contributed by atoms with van der Waals surface area (Å²) >= 11 is 1.53. The number of aliphatic hydroxyl groups is 1. The van der Waals surface area contributed by atoms with E-state index in [2.05, 4.69) is 50.4 Å². The first-order chi connectivity index (χ1) is 16.8. The van der Waals surface area contributed by atoms with Crippen molar-refractivity contribution in [2.45, 2.75) is 87.6 Å². The lowest BCUT2D eigenvalue weighted by Gasteiger charge is -2.41. The second-order valence-electron chi connectivity index (χ2n) is 10.5. The van der Waals surface area contributed by atoms with E-state index >= 15 is 0 Å². The SMILES string of the molecule is Cc1ccc(S[C@]2(C(=O)NCC(C)C)CC(=O)N(C3CCCCC3)[C@@H]2c2ccc(CO)cc2)cc1. The molecular weight excluding hydrogens is 456 g/mol. The number of nitrogens with one attached hydrogen (secondary N) is 1. The molecule has 0 spiro atoms. The predicted octanol–water partition coefficient (Wildman–Crippen LogP) is 5.40. The molecule has 1 heterocycles. The van der Waals surface area contributed by atoms with Crippen LogP contribution in [-0.2, 0) is 16.2 Å². The molecule has 2 N–H and O–H groups in total. The van der Waals surface area contributed by atoms with Crippen molar-refractivity contribution in [1.29, 1.82) is 0 Å². The summed E-state index contributed by atoms with van der Waals surface area (Å²) in [7, 11) is 0. The maximum Gasteiger partial charge on any atom is 0.239 e. The smallest absolute Gasteiger partial charge is 0.239 e. The molecule has 4 rings (SSSR count). The molecule has 188 valence electrons. The largest absolute Gasteiger partial charge is 0.392 e. The van der Waals surface area contributed by atoms with Gasteiger partial charge in [0.15, 0.2) is 0 Å². The summed E-state index contributed by atoms with van der Waals surface area (Å²) in [5.41, 5.74) is 2.94. The van der Waals surface area contributed by atoms with Gasteiger partial charge in [-0.3, -0.25) is 9.59 Å². The van der Waals surface area contributed by atoms with Crippen LogP contribution in [0.3, 0.4) is 0 Å². The highest BCUT2D eigenvalue weighted by Crippen LogP contribution is 2.54. The van der Waals surface area contributed by atoms with Crippen LogP contribution in [0.15, 0.2) is 53.4 Å². The van der Waals surface area contributed by atoms with Crippen LogP contribution < -0.4 is 5.32 Å². The Hall–Kier alpha value is -2.31. The number of amides is 2. The lowest BCUT2D eigenvalue weighted by atomic mass is 9.88. The van der Waals surface area contributed by atoms with Gasteiger partial charge in [-0.1, -0.05) is 75.1 Å². The summed E-state index contributed by atoms with van der Waals surface area (Å²) < 4.78 is -0.973. The first-order valence-electron chi connectivity index (χ1n) is 12.9. The molecule has 1 aliphatic carbocycles. The van der Waals surface area contributed by atoms with Gasteiger partial charge in [0.05, 0.1) is 19.1 Å². The number of carbonyl (C=O) groups excluding carboxylic acids is 2. The van der Waals surface area contributed by atoms with Crippen LogP contribution in [0, 0.1) is 12.8 Å². The Bertz CT molecular complexity index is 1020. The molecule has 2 aromatic rings. The molecule has 0 aromatic heterocycles. The minimum Gasteiger partial charge on any atom is -0.392 e. The third-order valence-electron chi connectivity index (χ3n) is 7.24. The average Bonchev–Trinajstić information content (AvgIpc) is 3.17. The summed E-state index contributed by atoms with van der Waals surface area (Å²) in [6.07, 6.45) is 5.57. The van der Waals surface area contributed by atoms with Crippen molar-refractivity contribution in [3.05, 3.63) is 65.2 Å². The number of nitrogens with zero attached hydrogens (tertiary/aromatic N) is 1. The Morgan fingerprint density at radius 2 is 1.74 bits per heavy atom. The van der Waals surface area contributed by atoms with E-state index in [0.717, 1.165) is 47.3 Å². The van der Waals surface area contributed by atoms with Crippen LogP contribution in [0.5, 0.6) is 0 Å². The number of thioether (sulfide) groups is 1. The number of rotatable bonds is 8. The van der Waals surface area contributed by atoms with E-state index in [1.54, 1.807) is 0 Å². The highest BCUT2D eigenvalue weighted by atomic mass is 32.2. The summed E-state index contributed by atoms with van der Waals surface area (Å²) in [5.74, 6) is 0.307. The van der Waals surface area contributed by atoms with Gasteiger partial charge in [-0.15, -0.1) is 11.8 Å². The highest BCUT2D eigenvalue weighted by Gasteiger charge is 2.59. The van der Waals surface area contributed by atoms with Crippen molar-refractivity contribution in [2.75, 3.05) is 6.54 Å². The first kappa shape index (κ1) is 25.8. The number of hydrogen-bond acceptors (Lipinski definition) is 4. The van der Waals surface area contributed by atoms with E-state index < -0.39 is 4.75 Å². The number of benzene rings is 2. The lowest BCUT2D eigenvalue weighted by Crippen LogP contribution is -2.50. The van der Waals surface area contributed by atoms with Crippen LogP contribution in [0.1, 0.15) is 75.1 Å². The zero-order chi connectivity index (χ0) is 25.0. The van der Waals surface area contributed by atoms with E-state index in [0.29, 0.717) is 12.5 Å². The Morgan fingerprint density at radius 1 is 1.09 bits per heavy atom. The summed E-state index contributed by atoms with van der Waals surface area (Å²) in [6, 6.07) is 15.8. The minimum absolute atomic E-state index is 0.0334. The number of aliphatic hydroxyl groups excluding tert-OH is 1. The van der Waals surface area contributed by atoms with Gasteiger partial charge >= 0.3 is 0 Å². The molecule has 1 aliphatic heterocycles. The predicted molar refractivity (Wildman–Crippen MR) is 141 cm³/mol. The van der Waals surface area contributed by atoms with Crippen LogP contribution in [0.25, 0.3) is 0 Å². The van der Waals surface area contributed by atoms with Gasteiger partial charge in [0, 0.05) is 17.5 Å². The molecule has 0 unspecified atom stereocenters. The van der Waals surface area contributed by atoms with Gasteiger partial charge in [0.1, 0.15) is 4.75 Å². The van der Waals surface area contributed by atoms with Crippen LogP contribution in [-0.4, -0.2) is 39.2 Å². The number of likely N-dealkylation sites (tertiary alicyclic amines) is 1. The molecule has 0 radical (unpaired) electrons. The molecule has 1 saturated carbocycles. The monoisotopic (exact) mass is 494 g/mol. The van der Waals surface area contributed by atoms with E-state index in [9.17, 15) is 14.7 Å². The fourth-order valence-corrected chi connectivity index (χ4v) is 6.81. The molecule has 2 aliphatic rings. The molecule has 6 heteroatoms. The maximum absolute atomic E-state index is 14.1. The molecule has 1 saturated heterocycles. The van der Waals surface area contributed by atoms with E-state index in [1.165, 1.54) is 18.2 Å². The quantitative estimate of drug-likeness (QED) is 0.516. The molecular formula is C29H38N2O3S. The van der Waals surface area contributed by atoms with Gasteiger partial charge in [-0.25, -0.2) is 0 Å². The zero-order valence-corrected chi connectivity index (χ0v) is 21.9. The Kier molecular flexibility index (Phi) is 8.23. The molecule has 2 atom stereocenters. The fraction of sp³-hybridized carbons (Fsp3) is 0.517. The van der Waals surface area contributed by atoms with Gasteiger partial charge in [-0.2, -0.15) is 0 Å². The molecule has 2 aromatic carbocycles. The Labute approximate surface area is 213 Å². The van der Waals surface area contributed by atoms with Gasteiger partial charge < -0.3 is 15.3 Å². The summed E-state index contributed by atoms with van der Waals surface area (Å²) in [6.45, 7) is 6.75. The van der Waals surface area contributed by atoms with Crippen molar-refractivity contribution in [3.63, 3.8) is 0 Å². The summed E-state index contributed by atoms with van der Waals surface area (Å²) in [5, 5.41) is 12.8. The number of aryl methyl sites for hydroxylation is 1. The molecule has 35 heavy (non-hydrogen) atoms. The molecule has 2 amide bonds. The van der Waals surface area contributed by atoms with Gasteiger partial charge in [-0.05, 0) is 48.9 Å². The third-order valence-corrected chi connectivity index (χ3v) is 8.67. The Balaban J connectivity index is 1.82. The van der Waals surface area contributed by atoms with Gasteiger partial charge in [0.25, 0.3) is 0 Å². The van der Waals surface area contributed by atoms with E-state index in [-0.39, 0.29) is 36.9 Å². The third kappa shape index (κ3) is 5.59. The zero-order valence-electron chi connectivity index (χ0n) is 21.1. The second kappa shape index (κ2) is 11.2. The van der Waals surface area contributed by atoms with E-state index in [4.69, 9.17) is 0 Å². The van der Waals surface area contributed by atoms with Crippen molar-refractivity contribution in [3.8, 4) is 0 Å². The number of hydrogen-bond donors (Lipinski definition) is 2. The molecule has 5 nitrogen and oxygen atoms in total. The van der Waals surface area contributed by atoms with E-state index in [1.807, 2.05) is 29.2 Å². The topological polar surface area (TPSA) is 69.6 Å². The minimum atomic E-state index is -0.973. The highest BCUT2D eigenvalue weighted by molar-refractivity contribution is 8.01. The first-order valence-corrected chi connectivity index (χ1v) is 13.7. The van der Waals surface area contributed by atoms with Crippen LogP contribution in [0.2, 0.25) is 0 Å². The van der Waals surface area contributed by atoms with Crippen molar-refractivity contribution >= 4 is 23.6 Å². The lowest BCUT2D eigenvalue weighted by molar-refractivity contribution is -0.132. The van der Waals surface area contributed by atoms with Gasteiger partial charge in [0.2, 0.25) is 11.8 Å². The van der Waals surface area contributed by atoms with Crippen molar-refractivity contribution in [1.82, 2.24) is 10.2 Å². The van der Waals surface area contributed by atoms with Crippen LogP contribution in [0.4, 0.5) is 0 Å². The second-order valence-corrected chi connectivity index (χ2v) is 11.9. The standard InChI is InChI=1S/C29H38N2O3S/c1-20(2)18-30-28(34)29(35-25-15-9-21(3)10-16-25)17-26(33)31(24-7-5-4-6-8-24)27(29)23-13-11-22(19-32)12-14-23/h9-16,20,24,27,32H,4-8,17-19H2,1-3H3,(H,30,34)/t27-,29-/m1/s1. The molecule has 0 bridgehead atoms.